The Kier molecular flexibility index (Phi) is 6.11. The Hall–Kier alpha value is -3.43. The van der Waals surface area contributed by atoms with E-state index in [2.05, 4.69) is 10.6 Å². The summed E-state index contributed by atoms with van der Waals surface area (Å²) in [5.41, 5.74) is 5.99. The van der Waals surface area contributed by atoms with Gasteiger partial charge in [-0.25, -0.2) is 14.5 Å². The van der Waals surface area contributed by atoms with Crippen LogP contribution in [0.15, 0.2) is 30.3 Å². The molecule has 0 aliphatic carbocycles. The topological polar surface area (TPSA) is 161 Å². The van der Waals surface area contributed by atoms with Gasteiger partial charge in [0.2, 0.25) is 5.91 Å². The molecule has 0 spiro atoms. The minimum absolute atomic E-state index is 0.170. The lowest BCUT2D eigenvalue weighted by Crippen LogP contribution is -2.69. The average Bonchev–Trinajstić information content (AvgIpc) is 2.63. The van der Waals surface area contributed by atoms with Crippen molar-refractivity contribution in [2.75, 3.05) is 7.11 Å². The molecule has 0 radical (unpaired) electrons. The molecule has 6 N–H and O–H groups in total. The van der Waals surface area contributed by atoms with Crippen LogP contribution >= 0.6 is 0 Å². The third kappa shape index (κ3) is 4.40. The summed E-state index contributed by atoms with van der Waals surface area (Å²) in [7, 11) is 1.16. The number of likely N-dealkylation sites (tertiary alicyclic amines) is 1. The smallest absolute Gasteiger partial charge is 0.330 e. The van der Waals surface area contributed by atoms with Gasteiger partial charge in [0.15, 0.2) is 12.0 Å². The molecule has 10 heteroatoms. The molecule has 3 amide bonds. The number of amidine groups is 1. The molecule has 3 atom stereocenters. The summed E-state index contributed by atoms with van der Waals surface area (Å²) in [4.78, 5) is 37.8. The van der Waals surface area contributed by atoms with Gasteiger partial charge >= 0.3 is 12.0 Å². The zero-order chi connectivity index (χ0) is 20.1. The maximum Gasteiger partial charge on any atom is 0.330 e. The second-order valence-corrected chi connectivity index (χ2v) is 6.09. The van der Waals surface area contributed by atoms with E-state index >= 15 is 0 Å². The van der Waals surface area contributed by atoms with Crippen molar-refractivity contribution in [1.29, 1.82) is 10.8 Å². The van der Waals surface area contributed by atoms with Gasteiger partial charge in [-0.1, -0.05) is 30.3 Å². The fourth-order valence-electron chi connectivity index (χ4n) is 2.88. The SMILES string of the molecule is COC(=O)[C@@H]1[C@@H](CC(=N)NC(=N)N)C(=O)N1C(=O)N[C@H](C)c1ccccc1. The lowest BCUT2D eigenvalue weighted by molar-refractivity contribution is -0.167. The zero-order valence-electron chi connectivity index (χ0n) is 15.0. The summed E-state index contributed by atoms with van der Waals surface area (Å²) < 4.78 is 4.69. The van der Waals surface area contributed by atoms with E-state index in [-0.39, 0.29) is 18.3 Å². The fourth-order valence-corrected chi connectivity index (χ4v) is 2.88. The Balaban J connectivity index is 2.09. The Morgan fingerprint density at radius 2 is 1.93 bits per heavy atom. The number of benzene rings is 1. The quantitative estimate of drug-likeness (QED) is 0.216. The van der Waals surface area contributed by atoms with E-state index in [4.69, 9.17) is 21.3 Å². The number of esters is 1. The number of guanidine groups is 1. The van der Waals surface area contributed by atoms with Crippen molar-refractivity contribution in [2.45, 2.75) is 25.4 Å². The van der Waals surface area contributed by atoms with Crippen LogP contribution in [0.5, 0.6) is 0 Å². The third-order valence-corrected chi connectivity index (χ3v) is 4.22. The van der Waals surface area contributed by atoms with Crippen molar-refractivity contribution in [2.24, 2.45) is 11.7 Å². The first kappa shape index (κ1) is 19.9. The van der Waals surface area contributed by atoms with Gasteiger partial charge in [-0.3, -0.25) is 15.6 Å². The molecule has 27 heavy (non-hydrogen) atoms. The summed E-state index contributed by atoms with van der Waals surface area (Å²) in [5, 5.41) is 19.8. The molecule has 1 saturated heterocycles. The molecule has 2 rings (SSSR count). The molecular weight excluding hydrogens is 352 g/mol. The molecular formula is C17H22N6O4. The highest BCUT2D eigenvalue weighted by Gasteiger charge is 2.55. The summed E-state index contributed by atoms with van der Waals surface area (Å²) in [6.07, 6.45) is -0.170. The van der Waals surface area contributed by atoms with Gasteiger partial charge in [0.1, 0.15) is 5.84 Å². The summed E-state index contributed by atoms with van der Waals surface area (Å²) in [6, 6.07) is 6.94. The van der Waals surface area contributed by atoms with E-state index in [1.165, 1.54) is 0 Å². The number of hydrogen-bond acceptors (Lipinski definition) is 6. The number of urea groups is 1. The molecule has 0 bridgehead atoms. The number of β-lactam (4-membered cyclic amide) rings is 1. The van der Waals surface area contributed by atoms with Crippen LogP contribution in [0.4, 0.5) is 4.79 Å². The van der Waals surface area contributed by atoms with Gasteiger partial charge in [0.05, 0.1) is 19.1 Å². The van der Waals surface area contributed by atoms with E-state index < -0.39 is 35.8 Å². The normalized spacial score (nSPS) is 19.5. The number of nitrogens with zero attached hydrogens (tertiary/aromatic N) is 1. The van der Waals surface area contributed by atoms with Gasteiger partial charge in [-0.05, 0) is 12.5 Å². The Morgan fingerprint density at radius 1 is 1.30 bits per heavy atom. The predicted molar refractivity (Wildman–Crippen MR) is 96.9 cm³/mol. The zero-order valence-corrected chi connectivity index (χ0v) is 15.0. The van der Waals surface area contributed by atoms with Crippen LogP contribution in [-0.4, -0.2) is 47.8 Å². The van der Waals surface area contributed by atoms with Crippen LogP contribution in [0.25, 0.3) is 0 Å². The molecule has 10 nitrogen and oxygen atoms in total. The van der Waals surface area contributed by atoms with Gasteiger partial charge in [0, 0.05) is 6.42 Å². The fraction of sp³-hybridized carbons (Fsp3) is 0.353. The number of amides is 3. The number of nitrogens with one attached hydrogen (secondary N) is 4. The van der Waals surface area contributed by atoms with Crippen molar-refractivity contribution < 1.29 is 19.1 Å². The lowest BCUT2D eigenvalue weighted by atomic mass is 9.84. The highest BCUT2D eigenvalue weighted by Crippen LogP contribution is 2.31. The minimum Gasteiger partial charge on any atom is -0.467 e. The second kappa shape index (κ2) is 8.30. The maximum atomic E-state index is 12.5. The largest absolute Gasteiger partial charge is 0.467 e. The first-order chi connectivity index (χ1) is 12.8. The molecule has 144 valence electrons. The highest BCUT2D eigenvalue weighted by atomic mass is 16.5. The van der Waals surface area contributed by atoms with Crippen LogP contribution in [0.3, 0.4) is 0 Å². The molecule has 1 fully saturated rings. The third-order valence-electron chi connectivity index (χ3n) is 4.22. The van der Waals surface area contributed by atoms with Crippen molar-refractivity contribution >= 4 is 29.7 Å². The summed E-state index contributed by atoms with van der Waals surface area (Å²) in [6.45, 7) is 1.76. The molecule has 1 aliphatic rings. The van der Waals surface area contributed by atoms with Gasteiger partial charge in [-0.2, -0.15) is 0 Å². The maximum absolute atomic E-state index is 12.5. The Labute approximate surface area is 156 Å². The van der Waals surface area contributed by atoms with Gasteiger partial charge in [-0.15, -0.1) is 0 Å². The van der Waals surface area contributed by atoms with E-state index in [1.54, 1.807) is 6.92 Å². The first-order valence-corrected chi connectivity index (χ1v) is 8.21. The first-order valence-electron chi connectivity index (χ1n) is 8.21. The van der Waals surface area contributed by atoms with Crippen molar-refractivity contribution in [3.05, 3.63) is 35.9 Å². The predicted octanol–water partition coefficient (Wildman–Crippen LogP) is 0.308. The number of nitrogens with two attached hydrogens (primary N) is 1. The van der Waals surface area contributed by atoms with Crippen molar-refractivity contribution in [3.63, 3.8) is 0 Å². The average molecular weight is 374 g/mol. The molecule has 1 aromatic carbocycles. The number of rotatable bonds is 5. The van der Waals surface area contributed by atoms with Crippen LogP contribution in [0.2, 0.25) is 0 Å². The van der Waals surface area contributed by atoms with Crippen molar-refractivity contribution in [1.82, 2.24) is 15.5 Å². The molecule has 1 heterocycles. The Morgan fingerprint density at radius 3 is 2.48 bits per heavy atom. The van der Waals surface area contributed by atoms with Crippen LogP contribution in [0, 0.1) is 16.7 Å². The Bertz CT molecular complexity index is 766. The number of ether oxygens (including phenoxy) is 1. The molecule has 0 saturated carbocycles. The number of imide groups is 1. The van der Waals surface area contributed by atoms with Crippen LogP contribution < -0.4 is 16.4 Å². The number of hydrogen-bond donors (Lipinski definition) is 5. The number of carbonyl (C=O) groups is 3. The van der Waals surface area contributed by atoms with E-state index in [1.807, 2.05) is 30.3 Å². The van der Waals surface area contributed by atoms with Crippen molar-refractivity contribution in [3.8, 4) is 0 Å². The number of methoxy groups -OCH3 is 1. The molecule has 0 aromatic heterocycles. The molecule has 1 aromatic rings. The summed E-state index contributed by atoms with van der Waals surface area (Å²) in [5.74, 6) is -2.94. The lowest BCUT2D eigenvalue weighted by Gasteiger charge is -2.43. The molecule has 1 aliphatic heterocycles. The van der Waals surface area contributed by atoms with Crippen LogP contribution in [-0.2, 0) is 14.3 Å². The summed E-state index contributed by atoms with van der Waals surface area (Å²) >= 11 is 0. The van der Waals surface area contributed by atoms with Gasteiger partial charge < -0.3 is 21.1 Å². The van der Waals surface area contributed by atoms with E-state index in [0.29, 0.717) is 0 Å². The second-order valence-electron chi connectivity index (χ2n) is 6.09. The van der Waals surface area contributed by atoms with E-state index in [9.17, 15) is 14.4 Å². The monoisotopic (exact) mass is 374 g/mol. The minimum atomic E-state index is -1.14. The van der Waals surface area contributed by atoms with Crippen LogP contribution in [0.1, 0.15) is 24.9 Å². The molecule has 0 unspecified atom stereocenters. The number of carbonyl (C=O) groups excluding carboxylic acids is 3. The standard InChI is InChI=1S/C17H22N6O4/c1-9(10-6-4-3-5-7-10)21-17(26)23-13(15(25)27-2)11(14(23)24)8-12(18)22-16(19)20/h3-7,9,11,13H,8H2,1-2H3,(H,21,26)(H5,18,19,20,22)/t9-,11-,13+/m1/s1. The van der Waals surface area contributed by atoms with Gasteiger partial charge in [0.25, 0.3) is 0 Å². The van der Waals surface area contributed by atoms with E-state index in [0.717, 1.165) is 17.6 Å². The highest BCUT2D eigenvalue weighted by molar-refractivity contribution is 6.10.